The number of nitrogens with zero attached hydrogens (tertiary/aromatic N) is 3. The van der Waals surface area contributed by atoms with Crippen molar-refractivity contribution in [2.45, 2.75) is 0 Å². The number of nitriles is 1. The summed E-state index contributed by atoms with van der Waals surface area (Å²) in [5, 5.41) is 9.20. The molecule has 0 saturated carbocycles. The van der Waals surface area contributed by atoms with Gasteiger partial charge >= 0.3 is 0 Å². The Labute approximate surface area is 79.2 Å². The summed E-state index contributed by atoms with van der Waals surface area (Å²) < 4.78 is 1.53. The minimum atomic E-state index is 0.428. The van der Waals surface area contributed by atoms with Gasteiger partial charge in [-0.05, 0) is 12.1 Å². The van der Waals surface area contributed by atoms with Crippen LogP contribution in [-0.2, 0) is 0 Å². The standard InChI is InChI=1S/C8H5ClN4/c9-6-2-1-5(3-10)8-12-4-7(11)13(6)8/h1-2,4H,11H2. The van der Waals surface area contributed by atoms with Crippen LogP contribution < -0.4 is 5.73 Å². The second-order valence-electron chi connectivity index (χ2n) is 2.52. The van der Waals surface area contributed by atoms with Crippen molar-refractivity contribution in [2.24, 2.45) is 0 Å². The van der Waals surface area contributed by atoms with E-state index in [1.54, 1.807) is 12.1 Å². The summed E-state index contributed by atoms with van der Waals surface area (Å²) in [5.74, 6) is 0.428. The number of fused-ring (bicyclic) bond motifs is 1. The molecule has 0 amide bonds. The van der Waals surface area contributed by atoms with E-state index in [4.69, 9.17) is 22.6 Å². The molecule has 0 atom stereocenters. The highest BCUT2D eigenvalue weighted by molar-refractivity contribution is 6.30. The first-order chi connectivity index (χ1) is 6.24. The molecule has 2 aromatic heterocycles. The van der Waals surface area contributed by atoms with E-state index in [-0.39, 0.29) is 0 Å². The van der Waals surface area contributed by atoms with Gasteiger partial charge in [0, 0.05) is 0 Å². The molecule has 2 heterocycles. The highest BCUT2D eigenvalue weighted by Gasteiger charge is 2.07. The quantitative estimate of drug-likeness (QED) is 0.643. The first-order valence-electron chi connectivity index (χ1n) is 3.55. The van der Waals surface area contributed by atoms with Crippen LogP contribution in [0.2, 0.25) is 5.15 Å². The van der Waals surface area contributed by atoms with E-state index in [2.05, 4.69) is 4.98 Å². The highest BCUT2D eigenvalue weighted by Crippen LogP contribution is 2.19. The van der Waals surface area contributed by atoms with Crippen LogP contribution in [0, 0.1) is 11.3 Å². The summed E-state index contributed by atoms with van der Waals surface area (Å²) in [4.78, 5) is 3.98. The maximum Gasteiger partial charge on any atom is 0.157 e. The lowest BCUT2D eigenvalue weighted by Gasteiger charge is -1.99. The maximum atomic E-state index is 8.75. The molecule has 0 spiro atoms. The third kappa shape index (κ3) is 1.02. The number of rotatable bonds is 0. The highest BCUT2D eigenvalue weighted by atomic mass is 35.5. The molecule has 0 aliphatic rings. The molecule has 2 aromatic rings. The van der Waals surface area contributed by atoms with Gasteiger partial charge in [-0.15, -0.1) is 0 Å². The lowest BCUT2D eigenvalue weighted by molar-refractivity contribution is 1.19. The van der Waals surface area contributed by atoms with Gasteiger partial charge in [0.05, 0.1) is 11.8 Å². The van der Waals surface area contributed by atoms with Gasteiger partial charge in [0.2, 0.25) is 0 Å². The molecule has 0 bridgehead atoms. The van der Waals surface area contributed by atoms with Crippen molar-refractivity contribution in [1.82, 2.24) is 9.38 Å². The predicted octanol–water partition coefficient (Wildman–Crippen LogP) is 1.44. The van der Waals surface area contributed by atoms with Crippen molar-refractivity contribution in [3.63, 3.8) is 0 Å². The van der Waals surface area contributed by atoms with Crippen LogP contribution in [0.1, 0.15) is 5.56 Å². The van der Waals surface area contributed by atoms with Crippen LogP contribution in [0.3, 0.4) is 0 Å². The number of aromatic nitrogens is 2. The molecule has 2 N–H and O–H groups in total. The molecule has 0 aromatic carbocycles. The summed E-state index contributed by atoms with van der Waals surface area (Å²) in [7, 11) is 0. The van der Waals surface area contributed by atoms with Crippen molar-refractivity contribution in [2.75, 3.05) is 5.73 Å². The topological polar surface area (TPSA) is 67.1 Å². The molecule has 0 aliphatic heterocycles. The van der Waals surface area contributed by atoms with E-state index in [1.807, 2.05) is 6.07 Å². The molecule has 5 heteroatoms. The van der Waals surface area contributed by atoms with Gasteiger partial charge < -0.3 is 5.73 Å². The van der Waals surface area contributed by atoms with Gasteiger partial charge in [-0.1, -0.05) is 11.6 Å². The Kier molecular flexibility index (Phi) is 1.61. The fourth-order valence-electron chi connectivity index (χ4n) is 1.17. The normalized spacial score (nSPS) is 10.2. The maximum absolute atomic E-state index is 8.75. The molecule has 2 rings (SSSR count). The Balaban J connectivity index is 2.97. The zero-order chi connectivity index (χ0) is 9.42. The summed E-state index contributed by atoms with van der Waals surface area (Å²) in [6.07, 6.45) is 1.47. The molecule has 0 saturated heterocycles. The average molecular weight is 193 g/mol. The van der Waals surface area contributed by atoms with Crippen LogP contribution >= 0.6 is 11.6 Å². The second-order valence-corrected chi connectivity index (χ2v) is 2.91. The Hall–Kier alpha value is -1.73. The Morgan fingerprint density at radius 2 is 2.31 bits per heavy atom. The first kappa shape index (κ1) is 7.90. The molecule has 4 nitrogen and oxygen atoms in total. The van der Waals surface area contributed by atoms with Gasteiger partial charge in [0.25, 0.3) is 0 Å². The van der Waals surface area contributed by atoms with Gasteiger partial charge in [-0.3, -0.25) is 4.40 Å². The third-order valence-corrected chi connectivity index (χ3v) is 2.05. The fraction of sp³-hybridized carbons (Fsp3) is 0. The van der Waals surface area contributed by atoms with E-state index in [1.165, 1.54) is 10.6 Å². The smallest absolute Gasteiger partial charge is 0.157 e. The summed E-state index contributed by atoms with van der Waals surface area (Å²) in [5.41, 5.74) is 6.56. The average Bonchev–Trinajstić information content (AvgIpc) is 2.50. The van der Waals surface area contributed by atoms with Gasteiger partial charge in [0.15, 0.2) is 5.65 Å². The van der Waals surface area contributed by atoms with Crippen molar-refractivity contribution in [1.29, 1.82) is 5.26 Å². The number of hydrogen-bond acceptors (Lipinski definition) is 3. The minimum absolute atomic E-state index is 0.428. The minimum Gasteiger partial charge on any atom is -0.383 e. The van der Waals surface area contributed by atoms with Gasteiger partial charge in [-0.25, -0.2) is 4.98 Å². The number of nitrogens with two attached hydrogens (primary N) is 1. The van der Waals surface area contributed by atoms with Crippen molar-refractivity contribution in [3.8, 4) is 6.07 Å². The number of halogens is 1. The largest absolute Gasteiger partial charge is 0.383 e. The zero-order valence-corrected chi connectivity index (χ0v) is 7.28. The Bertz CT molecular complexity index is 509. The molecule has 0 radical (unpaired) electrons. The van der Waals surface area contributed by atoms with Crippen LogP contribution in [0.15, 0.2) is 18.3 Å². The molecule has 64 valence electrons. The Morgan fingerprint density at radius 1 is 1.54 bits per heavy atom. The number of nitrogen functional groups attached to an aromatic ring is 1. The lowest BCUT2D eigenvalue weighted by atomic mass is 10.3. The fourth-order valence-corrected chi connectivity index (χ4v) is 1.41. The number of pyridine rings is 1. The van der Waals surface area contributed by atoms with Crippen LogP contribution in [0.25, 0.3) is 5.65 Å². The van der Waals surface area contributed by atoms with Crippen molar-refractivity contribution in [3.05, 3.63) is 29.0 Å². The molecule has 13 heavy (non-hydrogen) atoms. The van der Waals surface area contributed by atoms with Crippen molar-refractivity contribution < 1.29 is 0 Å². The van der Waals surface area contributed by atoms with E-state index in [9.17, 15) is 0 Å². The SMILES string of the molecule is N#Cc1ccc(Cl)n2c(N)cnc12. The number of imidazole rings is 1. The van der Waals surface area contributed by atoms with Crippen molar-refractivity contribution >= 4 is 23.1 Å². The van der Waals surface area contributed by atoms with E-state index in [0.29, 0.717) is 22.2 Å². The van der Waals surface area contributed by atoms with E-state index in [0.717, 1.165) is 0 Å². The van der Waals surface area contributed by atoms with Crippen LogP contribution in [0.5, 0.6) is 0 Å². The Morgan fingerprint density at radius 3 is 3.00 bits per heavy atom. The molecule has 0 fully saturated rings. The monoisotopic (exact) mass is 192 g/mol. The van der Waals surface area contributed by atoms with Crippen LogP contribution in [0.4, 0.5) is 5.82 Å². The van der Waals surface area contributed by atoms with Gasteiger partial charge in [0.1, 0.15) is 17.0 Å². The molecule has 0 unspecified atom stereocenters. The number of anilines is 1. The lowest BCUT2D eigenvalue weighted by Crippen LogP contribution is -1.95. The number of hydrogen-bond donors (Lipinski definition) is 1. The predicted molar refractivity (Wildman–Crippen MR) is 49.3 cm³/mol. The zero-order valence-electron chi connectivity index (χ0n) is 6.53. The van der Waals surface area contributed by atoms with Gasteiger partial charge in [-0.2, -0.15) is 5.26 Å². The molecular formula is C8H5ClN4. The van der Waals surface area contributed by atoms with E-state index < -0.39 is 0 Å². The molecular weight excluding hydrogens is 188 g/mol. The first-order valence-corrected chi connectivity index (χ1v) is 3.93. The summed E-state index contributed by atoms with van der Waals surface area (Å²) >= 11 is 5.87. The second kappa shape index (κ2) is 2.64. The third-order valence-electron chi connectivity index (χ3n) is 1.75. The summed E-state index contributed by atoms with van der Waals surface area (Å²) in [6.45, 7) is 0. The van der Waals surface area contributed by atoms with Crippen LogP contribution in [-0.4, -0.2) is 9.38 Å². The summed E-state index contributed by atoms with van der Waals surface area (Å²) in [6, 6.07) is 5.24. The molecule has 0 aliphatic carbocycles. The van der Waals surface area contributed by atoms with E-state index >= 15 is 0 Å².